The van der Waals surface area contributed by atoms with E-state index in [9.17, 15) is 14.4 Å². The van der Waals surface area contributed by atoms with E-state index in [4.69, 9.17) is 14.2 Å². The highest BCUT2D eigenvalue weighted by atomic mass is 16.6. The highest BCUT2D eigenvalue weighted by molar-refractivity contribution is 5.71. The lowest BCUT2D eigenvalue weighted by Crippen LogP contribution is -2.30. The molecule has 0 spiro atoms. The maximum Gasteiger partial charge on any atom is 0.306 e. The van der Waals surface area contributed by atoms with Crippen molar-refractivity contribution in [3.63, 3.8) is 0 Å². The molecule has 6 heteroatoms. The Kier molecular flexibility index (Phi) is 65.7. The van der Waals surface area contributed by atoms with Crippen LogP contribution >= 0.6 is 0 Å². The number of unbranched alkanes of at least 4 members (excludes halogenated alkanes) is 41. The zero-order valence-electron chi connectivity index (χ0n) is 53.3. The van der Waals surface area contributed by atoms with E-state index in [2.05, 4.69) is 93.7 Å². The molecule has 0 saturated heterocycles. The van der Waals surface area contributed by atoms with E-state index >= 15 is 0 Å². The minimum Gasteiger partial charge on any atom is -0.462 e. The molecule has 0 aliphatic heterocycles. The van der Waals surface area contributed by atoms with Gasteiger partial charge in [-0.2, -0.15) is 0 Å². The zero-order chi connectivity index (χ0) is 57.8. The van der Waals surface area contributed by atoms with E-state index in [1.165, 1.54) is 218 Å². The van der Waals surface area contributed by atoms with Crippen molar-refractivity contribution in [3.05, 3.63) is 72.9 Å². The van der Waals surface area contributed by atoms with Crippen LogP contribution in [0.5, 0.6) is 0 Å². The van der Waals surface area contributed by atoms with Crippen LogP contribution < -0.4 is 0 Å². The third-order valence-electron chi connectivity index (χ3n) is 15.4. The van der Waals surface area contributed by atoms with Gasteiger partial charge in [-0.15, -0.1) is 0 Å². The molecular formula is C74H132O6. The number of ether oxygens (including phenoxy) is 3. The predicted octanol–water partition coefficient (Wildman–Crippen LogP) is 24.1. The van der Waals surface area contributed by atoms with Crippen LogP contribution in [0.1, 0.15) is 361 Å². The summed E-state index contributed by atoms with van der Waals surface area (Å²) in [7, 11) is 0. The lowest BCUT2D eigenvalue weighted by atomic mass is 10.0. The SMILES string of the molecule is CCC/C=C\C/C=C\CCCCCCCC(=O)OCC(COC(=O)CCCCCCCCCCCCCCCCCCCCC/C=C\C/C=C\CCCCCCC)OC(=O)CCCCCCCCC/C=C\C/C=C\CCCCCC. The first-order valence-electron chi connectivity index (χ1n) is 34.9. The molecule has 1 atom stereocenters. The largest absolute Gasteiger partial charge is 0.462 e. The molecule has 0 aliphatic rings. The highest BCUT2D eigenvalue weighted by Crippen LogP contribution is 2.17. The molecule has 464 valence electrons. The van der Waals surface area contributed by atoms with E-state index in [0.717, 1.165) is 103 Å². The second-order valence-electron chi connectivity index (χ2n) is 23.4. The summed E-state index contributed by atoms with van der Waals surface area (Å²) in [5.74, 6) is -0.885. The molecule has 0 radical (unpaired) electrons. The van der Waals surface area contributed by atoms with Crippen molar-refractivity contribution >= 4 is 17.9 Å². The molecule has 0 heterocycles. The monoisotopic (exact) mass is 1120 g/mol. The van der Waals surface area contributed by atoms with E-state index in [1.807, 2.05) is 0 Å². The molecular weight excluding hydrogens is 985 g/mol. The van der Waals surface area contributed by atoms with E-state index in [0.29, 0.717) is 19.3 Å². The number of carbonyl (C=O) groups is 3. The van der Waals surface area contributed by atoms with Gasteiger partial charge in [-0.3, -0.25) is 14.4 Å². The molecule has 80 heavy (non-hydrogen) atoms. The summed E-state index contributed by atoms with van der Waals surface area (Å²) in [6.07, 6.45) is 89.3. The summed E-state index contributed by atoms with van der Waals surface area (Å²) in [6.45, 7) is 6.57. The minimum absolute atomic E-state index is 0.0802. The number of allylic oxidation sites excluding steroid dienone is 12. The van der Waals surface area contributed by atoms with Crippen LogP contribution in [0.15, 0.2) is 72.9 Å². The smallest absolute Gasteiger partial charge is 0.306 e. The Morgan fingerprint density at radius 1 is 0.250 bits per heavy atom. The van der Waals surface area contributed by atoms with E-state index in [1.54, 1.807) is 0 Å². The third-order valence-corrected chi connectivity index (χ3v) is 15.4. The summed E-state index contributed by atoms with van der Waals surface area (Å²) in [4.78, 5) is 38.4. The fraction of sp³-hybridized carbons (Fsp3) is 0.797. The molecule has 0 aromatic rings. The molecule has 6 nitrogen and oxygen atoms in total. The maximum atomic E-state index is 12.9. The van der Waals surface area contributed by atoms with Crippen molar-refractivity contribution < 1.29 is 28.6 Å². The molecule has 0 N–H and O–H groups in total. The number of carbonyl (C=O) groups excluding carboxylic acids is 3. The van der Waals surface area contributed by atoms with Gasteiger partial charge in [0.15, 0.2) is 6.10 Å². The average Bonchev–Trinajstić information content (AvgIpc) is 3.46. The second-order valence-corrected chi connectivity index (χ2v) is 23.4. The quantitative estimate of drug-likeness (QED) is 0.0261. The molecule has 0 fully saturated rings. The molecule has 0 saturated carbocycles. The van der Waals surface area contributed by atoms with E-state index in [-0.39, 0.29) is 31.1 Å². The third kappa shape index (κ3) is 65.7. The lowest BCUT2D eigenvalue weighted by molar-refractivity contribution is -0.167. The Balaban J connectivity index is 4.19. The van der Waals surface area contributed by atoms with Crippen molar-refractivity contribution in [3.8, 4) is 0 Å². The maximum absolute atomic E-state index is 12.9. The van der Waals surface area contributed by atoms with Crippen LogP contribution in [0.2, 0.25) is 0 Å². The van der Waals surface area contributed by atoms with E-state index < -0.39 is 6.10 Å². The van der Waals surface area contributed by atoms with Gasteiger partial charge in [-0.1, -0.05) is 306 Å². The van der Waals surface area contributed by atoms with Crippen LogP contribution in [0, 0.1) is 0 Å². The molecule has 0 amide bonds. The zero-order valence-corrected chi connectivity index (χ0v) is 53.3. The van der Waals surface area contributed by atoms with Crippen LogP contribution in [0.4, 0.5) is 0 Å². The Morgan fingerprint density at radius 3 is 0.750 bits per heavy atom. The van der Waals surface area contributed by atoms with Gasteiger partial charge in [-0.25, -0.2) is 0 Å². The van der Waals surface area contributed by atoms with Gasteiger partial charge in [0, 0.05) is 19.3 Å². The minimum atomic E-state index is -0.785. The van der Waals surface area contributed by atoms with Gasteiger partial charge in [0.2, 0.25) is 0 Å². The van der Waals surface area contributed by atoms with Crippen molar-refractivity contribution in [1.29, 1.82) is 0 Å². The number of rotatable bonds is 64. The molecule has 0 aromatic carbocycles. The molecule has 0 bridgehead atoms. The summed E-state index contributed by atoms with van der Waals surface area (Å²) in [6, 6.07) is 0. The normalized spacial score (nSPS) is 12.5. The fourth-order valence-corrected chi connectivity index (χ4v) is 10.1. The van der Waals surface area contributed by atoms with Crippen LogP contribution in [-0.4, -0.2) is 37.2 Å². The summed E-state index contributed by atoms with van der Waals surface area (Å²) in [5, 5.41) is 0. The average molecular weight is 1120 g/mol. The Morgan fingerprint density at radius 2 is 0.475 bits per heavy atom. The van der Waals surface area contributed by atoms with Gasteiger partial charge < -0.3 is 14.2 Å². The van der Waals surface area contributed by atoms with Gasteiger partial charge >= 0.3 is 17.9 Å². The Labute approximate surface area is 497 Å². The van der Waals surface area contributed by atoms with Crippen LogP contribution in [0.25, 0.3) is 0 Å². The van der Waals surface area contributed by atoms with Gasteiger partial charge in [0.05, 0.1) is 0 Å². The molecule has 0 aliphatic carbocycles. The summed E-state index contributed by atoms with van der Waals surface area (Å²) in [5.41, 5.74) is 0. The second kappa shape index (κ2) is 68.3. The van der Waals surface area contributed by atoms with Crippen LogP contribution in [-0.2, 0) is 28.6 Å². The number of esters is 3. The first-order valence-corrected chi connectivity index (χ1v) is 34.9. The van der Waals surface area contributed by atoms with Gasteiger partial charge in [-0.05, 0) is 109 Å². The van der Waals surface area contributed by atoms with Gasteiger partial charge in [0.25, 0.3) is 0 Å². The predicted molar refractivity (Wildman–Crippen MR) is 348 cm³/mol. The lowest BCUT2D eigenvalue weighted by Gasteiger charge is -2.18. The Bertz CT molecular complexity index is 1470. The van der Waals surface area contributed by atoms with Crippen molar-refractivity contribution in [2.45, 2.75) is 367 Å². The Hall–Kier alpha value is -3.15. The number of hydrogen-bond acceptors (Lipinski definition) is 6. The van der Waals surface area contributed by atoms with Crippen LogP contribution in [0.3, 0.4) is 0 Å². The topological polar surface area (TPSA) is 78.9 Å². The standard InChI is InChI=1S/C74H132O6/c1-4-7-10-13-16-19-22-25-27-29-31-32-33-34-35-36-37-38-39-40-41-42-43-45-46-49-52-55-58-61-64-67-73(76)79-70-71(69-78-72(75)66-63-60-57-54-51-48-24-21-18-15-12-9-6-3)80-74(77)68-65-62-59-56-53-50-47-44-30-28-26-23-20-17-14-11-8-5-2/h12,15,20-25,28-31,71H,4-11,13-14,16-19,26-27,32-70H2,1-3H3/b15-12-,23-20-,24-21-,25-22-,30-28-,31-29-. The molecule has 0 aromatic heterocycles. The van der Waals surface area contributed by atoms with Crippen molar-refractivity contribution in [2.75, 3.05) is 13.2 Å². The first-order chi connectivity index (χ1) is 39.5. The molecule has 0 rings (SSSR count). The fourth-order valence-electron chi connectivity index (χ4n) is 10.1. The number of hydrogen-bond donors (Lipinski definition) is 0. The van der Waals surface area contributed by atoms with Crippen molar-refractivity contribution in [1.82, 2.24) is 0 Å². The van der Waals surface area contributed by atoms with Gasteiger partial charge in [0.1, 0.15) is 13.2 Å². The highest BCUT2D eigenvalue weighted by Gasteiger charge is 2.19. The summed E-state index contributed by atoms with van der Waals surface area (Å²) >= 11 is 0. The first kappa shape index (κ1) is 76.9. The van der Waals surface area contributed by atoms with Crippen molar-refractivity contribution in [2.24, 2.45) is 0 Å². The summed E-state index contributed by atoms with van der Waals surface area (Å²) < 4.78 is 16.9. The molecule has 1 unspecified atom stereocenters.